The van der Waals surface area contributed by atoms with Crippen LogP contribution in [-0.4, -0.2) is 29.8 Å². The lowest BCUT2D eigenvalue weighted by molar-refractivity contribution is -0.113. The first-order valence-corrected chi connectivity index (χ1v) is 6.39. The second-order valence-electron chi connectivity index (χ2n) is 4.66. The van der Waals surface area contributed by atoms with Gasteiger partial charge in [0.25, 0.3) is 0 Å². The Kier molecular flexibility index (Phi) is 4.00. The minimum absolute atomic E-state index is 0.0133. The zero-order chi connectivity index (χ0) is 13.8. The van der Waals surface area contributed by atoms with Crippen LogP contribution in [0.1, 0.15) is 24.5 Å². The Morgan fingerprint density at radius 1 is 1.32 bits per heavy atom. The van der Waals surface area contributed by atoms with Crippen molar-refractivity contribution >= 4 is 17.4 Å². The second-order valence-corrected chi connectivity index (χ2v) is 4.66. The van der Waals surface area contributed by atoms with Crippen LogP contribution in [0.15, 0.2) is 34.8 Å². The van der Waals surface area contributed by atoms with Crippen molar-refractivity contribution in [1.29, 1.82) is 0 Å². The molecule has 1 heterocycles. The quantitative estimate of drug-likeness (QED) is 0.645. The molecule has 0 bridgehead atoms. The standard InChI is InChI=1S/C15H18N2O2/c1-10-4-6-12(7-5-10)14(19)13(11(2)18)15-16-8-3-9-17-15/h4-7,19H,3,8-9H2,1-2H3,(H,16,17). The largest absolute Gasteiger partial charge is 0.506 e. The van der Waals surface area contributed by atoms with Gasteiger partial charge in [-0.25, -0.2) is 0 Å². The van der Waals surface area contributed by atoms with E-state index in [2.05, 4.69) is 10.3 Å². The predicted octanol–water partition coefficient (Wildman–Crippen LogP) is 2.24. The van der Waals surface area contributed by atoms with E-state index < -0.39 is 0 Å². The van der Waals surface area contributed by atoms with Crippen LogP contribution in [0.3, 0.4) is 0 Å². The van der Waals surface area contributed by atoms with Crippen LogP contribution in [0, 0.1) is 6.92 Å². The molecule has 2 N–H and O–H groups in total. The summed E-state index contributed by atoms with van der Waals surface area (Å²) in [5, 5.41) is 13.4. The van der Waals surface area contributed by atoms with E-state index in [0.29, 0.717) is 17.9 Å². The lowest BCUT2D eigenvalue weighted by Crippen LogP contribution is -2.33. The number of carbonyl (C=O) groups is 1. The first kappa shape index (κ1) is 13.3. The van der Waals surface area contributed by atoms with Crippen LogP contribution >= 0.6 is 0 Å². The number of aliphatic hydroxyl groups excluding tert-OH is 1. The smallest absolute Gasteiger partial charge is 0.167 e. The van der Waals surface area contributed by atoms with Gasteiger partial charge in [-0.2, -0.15) is 0 Å². The van der Waals surface area contributed by atoms with Gasteiger partial charge >= 0.3 is 0 Å². The van der Waals surface area contributed by atoms with E-state index in [1.165, 1.54) is 6.92 Å². The zero-order valence-corrected chi connectivity index (χ0v) is 11.2. The molecule has 0 amide bonds. The van der Waals surface area contributed by atoms with Crippen molar-refractivity contribution < 1.29 is 9.90 Å². The normalized spacial score (nSPS) is 16.2. The Bertz CT molecular complexity index is 542. The van der Waals surface area contributed by atoms with E-state index in [9.17, 15) is 9.90 Å². The molecule has 0 atom stereocenters. The number of hydrogen-bond acceptors (Lipinski definition) is 4. The summed E-state index contributed by atoms with van der Waals surface area (Å²) in [6.45, 7) is 4.87. The molecule has 4 heteroatoms. The van der Waals surface area contributed by atoms with Crippen molar-refractivity contribution in [3.63, 3.8) is 0 Å². The van der Waals surface area contributed by atoms with E-state index in [4.69, 9.17) is 0 Å². The lowest BCUT2D eigenvalue weighted by Gasteiger charge is -2.17. The molecule has 1 aliphatic rings. The van der Waals surface area contributed by atoms with Crippen LogP contribution in [0.25, 0.3) is 5.76 Å². The third kappa shape index (κ3) is 3.02. The van der Waals surface area contributed by atoms with Crippen molar-refractivity contribution in [1.82, 2.24) is 5.32 Å². The summed E-state index contributed by atoms with van der Waals surface area (Å²) in [5.41, 5.74) is 2.00. The summed E-state index contributed by atoms with van der Waals surface area (Å²) in [6.07, 6.45) is 0.944. The Morgan fingerprint density at radius 2 is 2.00 bits per heavy atom. The van der Waals surface area contributed by atoms with Gasteiger partial charge in [0.15, 0.2) is 5.78 Å². The minimum atomic E-state index is -0.189. The van der Waals surface area contributed by atoms with Crippen LogP contribution in [0.4, 0.5) is 0 Å². The molecule has 0 fully saturated rings. The number of amidine groups is 1. The highest BCUT2D eigenvalue weighted by molar-refractivity contribution is 6.25. The topological polar surface area (TPSA) is 61.7 Å². The predicted molar refractivity (Wildman–Crippen MR) is 76.3 cm³/mol. The first-order chi connectivity index (χ1) is 9.09. The second kappa shape index (κ2) is 5.69. The van der Waals surface area contributed by atoms with Gasteiger partial charge in [0, 0.05) is 18.7 Å². The van der Waals surface area contributed by atoms with Gasteiger partial charge in [-0.05, 0) is 20.3 Å². The highest BCUT2D eigenvalue weighted by Crippen LogP contribution is 2.19. The number of rotatable bonds is 3. The van der Waals surface area contributed by atoms with Crippen LogP contribution in [0.2, 0.25) is 0 Å². The molecule has 100 valence electrons. The molecule has 1 aromatic rings. The zero-order valence-electron chi connectivity index (χ0n) is 11.2. The van der Waals surface area contributed by atoms with Crippen LogP contribution < -0.4 is 5.32 Å². The van der Waals surface area contributed by atoms with Crippen molar-refractivity contribution in [2.24, 2.45) is 4.99 Å². The van der Waals surface area contributed by atoms with Crippen molar-refractivity contribution in [3.8, 4) is 0 Å². The van der Waals surface area contributed by atoms with E-state index in [-0.39, 0.29) is 17.1 Å². The van der Waals surface area contributed by atoms with Crippen molar-refractivity contribution in [2.75, 3.05) is 13.1 Å². The number of nitrogens with one attached hydrogen (secondary N) is 1. The Morgan fingerprint density at radius 3 is 2.53 bits per heavy atom. The average molecular weight is 258 g/mol. The Hall–Kier alpha value is -2.10. The van der Waals surface area contributed by atoms with E-state index in [1.54, 1.807) is 12.1 Å². The monoisotopic (exact) mass is 258 g/mol. The molecule has 1 aromatic carbocycles. The summed E-state index contributed by atoms with van der Waals surface area (Å²) >= 11 is 0. The highest BCUT2D eigenvalue weighted by atomic mass is 16.3. The summed E-state index contributed by atoms with van der Waals surface area (Å²) in [6, 6.07) is 7.41. The third-order valence-corrected chi connectivity index (χ3v) is 3.05. The van der Waals surface area contributed by atoms with Gasteiger partial charge in [0.1, 0.15) is 17.2 Å². The molecule has 0 aromatic heterocycles. The van der Waals surface area contributed by atoms with Gasteiger partial charge in [-0.1, -0.05) is 29.8 Å². The molecule has 4 nitrogen and oxygen atoms in total. The summed E-state index contributed by atoms with van der Waals surface area (Å²) in [4.78, 5) is 16.1. The maximum atomic E-state index is 11.8. The molecule has 0 saturated heterocycles. The van der Waals surface area contributed by atoms with E-state index >= 15 is 0 Å². The first-order valence-electron chi connectivity index (χ1n) is 6.39. The molecule has 19 heavy (non-hydrogen) atoms. The van der Waals surface area contributed by atoms with Gasteiger partial charge < -0.3 is 10.4 Å². The summed E-state index contributed by atoms with van der Waals surface area (Å²) in [7, 11) is 0. The molecule has 2 rings (SSSR count). The van der Waals surface area contributed by atoms with Gasteiger partial charge in [-0.3, -0.25) is 9.79 Å². The van der Waals surface area contributed by atoms with Crippen molar-refractivity contribution in [2.45, 2.75) is 20.3 Å². The summed E-state index contributed by atoms with van der Waals surface area (Å²) in [5.74, 6) is 0.295. The third-order valence-electron chi connectivity index (χ3n) is 3.05. The van der Waals surface area contributed by atoms with Gasteiger partial charge in [0.2, 0.25) is 0 Å². The fourth-order valence-electron chi connectivity index (χ4n) is 2.00. The van der Waals surface area contributed by atoms with E-state index in [1.807, 2.05) is 19.1 Å². The number of Topliss-reactive ketones (excluding diaryl/α,β-unsaturated/α-hetero) is 1. The fraction of sp³-hybridized carbons (Fsp3) is 0.333. The number of nitrogens with zero attached hydrogens (tertiary/aromatic N) is 1. The molecule has 0 unspecified atom stereocenters. The number of carbonyl (C=O) groups excluding carboxylic acids is 1. The molecule has 1 aliphatic heterocycles. The van der Waals surface area contributed by atoms with Crippen LogP contribution in [0.5, 0.6) is 0 Å². The number of aliphatic imine (C=N–C) groups is 1. The molecular formula is C15H18N2O2. The van der Waals surface area contributed by atoms with E-state index in [0.717, 1.165) is 18.5 Å². The Balaban J connectivity index is 2.46. The number of ketones is 1. The number of aliphatic hydroxyl groups is 1. The number of benzene rings is 1. The molecule has 0 spiro atoms. The maximum absolute atomic E-state index is 11.8. The molecule has 0 aliphatic carbocycles. The SMILES string of the molecule is CC(=O)C(C1=NCCCN1)=C(O)c1ccc(C)cc1. The van der Waals surface area contributed by atoms with Crippen LogP contribution in [-0.2, 0) is 4.79 Å². The summed E-state index contributed by atoms with van der Waals surface area (Å²) < 4.78 is 0. The average Bonchev–Trinajstić information content (AvgIpc) is 2.40. The van der Waals surface area contributed by atoms with Gasteiger partial charge in [-0.15, -0.1) is 0 Å². The molecule has 0 saturated carbocycles. The number of aryl methyl sites for hydroxylation is 1. The van der Waals surface area contributed by atoms with Crippen molar-refractivity contribution in [3.05, 3.63) is 41.0 Å². The Labute approximate surface area is 112 Å². The molecular weight excluding hydrogens is 240 g/mol. The fourth-order valence-corrected chi connectivity index (χ4v) is 2.00. The highest BCUT2D eigenvalue weighted by Gasteiger charge is 2.20. The lowest BCUT2D eigenvalue weighted by atomic mass is 10.0. The minimum Gasteiger partial charge on any atom is -0.506 e. The maximum Gasteiger partial charge on any atom is 0.167 e. The van der Waals surface area contributed by atoms with Gasteiger partial charge in [0.05, 0.1) is 0 Å². The molecule has 0 radical (unpaired) electrons. The number of hydrogen-bond donors (Lipinski definition) is 2.